The number of halogens is 1. The van der Waals surface area contributed by atoms with Crippen LogP contribution in [0.3, 0.4) is 0 Å². The third kappa shape index (κ3) is 7.27. The van der Waals surface area contributed by atoms with Gasteiger partial charge in [0.15, 0.2) is 0 Å². The fourth-order valence-electron chi connectivity index (χ4n) is 1.59. The number of nitro benzene ring substituents is 1. The highest BCUT2D eigenvalue weighted by Crippen LogP contribution is 2.26. The highest BCUT2D eigenvalue weighted by atomic mass is 35.5. The summed E-state index contributed by atoms with van der Waals surface area (Å²) in [6, 6.07) is 3.13. The number of carbonyl (C=O) groups is 1. The predicted molar refractivity (Wildman–Crippen MR) is 86.8 cm³/mol. The molecule has 8 nitrogen and oxygen atoms in total. The number of nitrogens with one attached hydrogen (secondary N) is 2. The van der Waals surface area contributed by atoms with Crippen molar-refractivity contribution in [2.24, 2.45) is 5.92 Å². The summed E-state index contributed by atoms with van der Waals surface area (Å²) in [7, 11) is 0. The van der Waals surface area contributed by atoms with Crippen LogP contribution < -0.4 is 10.6 Å². The Morgan fingerprint density at radius 3 is 2.70 bits per heavy atom. The summed E-state index contributed by atoms with van der Waals surface area (Å²) < 4.78 is 5.26. The minimum absolute atomic E-state index is 0.00846. The van der Waals surface area contributed by atoms with Gasteiger partial charge in [-0.05, 0) is 12.0 Å². The predicted octanol–water partition coefficient (Wildman–Crippen LogP) is 2.40. The van der Waals surface area contributed by atoms with Crippen LogP contribution in [0, 0.1) is 16.0 Å². The quantitative estimate of drug-likeness (QED) is 0.494. The van der Waals surface area contributed by atoms with Gasteiger partial charge in [-0.25, -0.2) is 4.79 Å². The average molecular weight is 346 g/mol. The number of rotatable bonds is 8. The van der Waals surface area contributed by atoms with Crippen molar-refractivity contribution in [3.63, 3.8) is 0 Å². The molecule has 1 atom stereocenters. The maximum absolute atomic E-state index is 11.7. The monoisotopic (exact) mass is 345 g/mol. The van der Waals surface area contributed by atoms with Crippen LogP contribution in [-0.2, 0) is 4.74 Å². The SMILES string of the molecule is CC(C)COCC(O)CNC(=O)Nc1ccc([N+](=O)[O-])cc1Cl. The van der Waals surface area contributed by atoms with Crippen LogP contribution in [0.5, 0.6) is 0 Å². The zero-order valence-corrected chi connectivity index (χ0v) is 13.7. The molecule has 0 radical (unpaired) electrons. The second-order valence-corrected chi connectivity index (χ2v) is 5.75. The molecular formula is C14H20ClN3O5. The van der Waals surface area contributed by atoms with Crippen molar-refractivity contribution in [3.8, 4) is 0 Å². The van der Waals surface area contributed by atoms with Gasteiger partial charge in [-0.1, -0.05) is 25.4 Å². The Kier molecular flexibility index (Phi) is 7.73. The van der Waals surface area contributed by atoms with E-state index in [-0.39, 0.29) is 29.5 Å². The zero-order chi connectivity index (χ0) is 17.4. The third-order valence-electron chi connectivity index (χ3n) is 2.67. The van der Waals surface area contributed by atoms with Gasteiger partial charge in [0.1, 0.15) is 0 Å². The molecule has 0 heterocycles. The van der Waals surface area contributed by atoms with Gasteiger partial charge in [-0.2, -0.15) is 0 Å². The van der Waals surface area contributed by atoms with E-state index in [9.17, 15) is 20.0 Å². The third-order valence-corrected chi connectivity index (χ3v) is 2.98. The Balaban J connectivity index is 2.40. The summed E-state index contributed by atoms with van der Waals surface area (Å²) in [5.74, 6) is 0.364. The summed E-state index contributed by atoms with van der Waals surface area (Å²) >= 11 is 5.86. The Bertz CT molecular complexity index is 553. The van der Waals surface area contributed by atoms with E-state index in [0.29, 0.717) is 12.5 Å². The lowest BCUT2D eigenvalue weighted by Gasteiger charge is -2.14. The van der Waals surface area contributed by atoms with E-state index in [1.807, 2.05) is 13.8 Å². The molecule has 1 rings (SSSR count). The number of aliphatic hydroxyl groups is 1. The molecule has 1 unspecified atom stereocenters. The molecule has 0 fully saturated rings. The Morgan fingerprint density at radius 1 is 1.43 bits per heavy atom. The summed E-state index contributed by atoms with van der Waals surface area (Å²) in [4.78, 5) is 21.7. The number of amides is 2. The number of benzene rings is 1. The number of urea groups is 1. The maximum Gasteiger partial charge on any atom is 0.319 e. The summed E-state index contributed by atoms with van der Waals surface area (Å²) in [6.45, 7) is 4.64. The number of hydrogen-bond acceptors (Lipinski definition) is 5. The number of hydrogen-bond donors (Lipinski definition) is 3. The van der Waals surface area contributed by atoms with Gasteiger partial charge in [0.25, 0.3) is 5.69 Å². The molecule has 0 aliphatic rings. The number of non-ortho nitro benzene ring substituents is 1. The summed E-state index contributed by atoms with van der Waals surface area (Å²) in [6.07, 6.45) is -0.827. The van der Waals surface area contributed by atoms with Gasteiger partial charge in [0, 0.05) is 25.3 Å². The molecule has 0 bridgehead atoms. The Labute approximate surface area is 138 Å². The molecule has 0 aliphatic heterocycles. The van der Waals surface area contributed by atoms with Crippen LogP contribution in [0.2, 0.25) is 5.02 Å². The standard InChI is InChI=1S/C14H20ClN3O5/c1-9(2)7-23-8-11(19)6-16-14(20)17-13-4-3-10(18(21)22)5-12(13)15/h3-5,9,11,19H,6-8H2,1-2H3,(H2,16,17,20). The molecule has 1 aromatic carbocycles. The number of nitro groups is 1. The maximum atomic E-state index is 11.7. The lowest BCUT2D eigenvalue weighted by Crippen LogP contribution is -2.37. The molecule has 3 N–H and O–H groups in total. The normalized spacial score (nSPS) is 12.0. The Morgan fingerprint density at radius 2 is 2.13 bits per heavy atom. The van der Waals surface area contributed by atoms with Crippen molar-refractivity contribution in [3.05, 3.63) is 33.3 Å². The molecular weight excluding hydrogens is 326 g/mol. The first kappa shape index (κ1) is 19.1. The number of aliphatic hydroxyl groups excluding tert-OH is 1. The van der Waals surface area contributed by atoms with Gasteiger partial charge in [0.2, 0.25) is 0 Å². The highest BCUT2D eigenvalue weighted by molar-refractivity contribution is 6.33. The minimum Gasteiger partial charge on any atom is -0.389 e. The van der Waals surface area contributed by atoms with E-state index in [4.69, 9.17) is 16.3 Å². The molecule has 9 heteroatoms. The van der Waals surface area contributed by atoms with E-state index in [1.54, 1.807) is 0 Å². The van der Waals surface area contributed by atoms with Gasteiger partial charge in [0.05, 0.1) is 28.3 Å². The molecule has 0 saturated heterocycles. The molecule has 0 spiro atoms. The van der Waals surface area contributed by atoms with Crippen LogP contribution in [0.25, 0.3) is 0 Å². The molecule has 0 saturated carbocycles. The Hall–Kier alpha value is -1.90. The first-order valence-corrected chi connectivity index (χ1v) is 7.42. The van der Waals surface area contributed by atoms with Crippen molar-refractivity contribution in [2.75, 3.05) is 25.1 Å². The molecule has 128 valence electrons. The topological polar surface area (TPSA) is 114 Å². The van der Waals surface area contributed by atoms with Gasteiger partial charge in [-0.3, -0.25) is 10.1 Å². The van der Waals surface area contributed by atoms with Gasteiger partial charge in [-0.15, -0.1) is 0 Å². The molecule has 0 aromatic heterocycles. The number of carbonyl (C=O) groups excluding carboxylic acids is 1. The molecule has 2 amide bonds. The van der Waals surface area contributed by atoms with Crippen LogP contribution in [0.4, 0.5) is 16.2 Å². The van der Waals surface area contributed by atoms with E-state index in [0.717, 1.165) is 6.07 Å². The van der Waals surface area contributed by atoms with E-state index in [1.165, 1.54) is 12.1 Å². The number of anilines is 1. The second-order valence-electron chi connectivity index (χ2n) is 5.34. The van der Waals surface area contributed by atoms with E-state index in [2.05, 4.69) is 10.6 Å². The van der Waals surface area contributed by atoms with Crippen molar-refractivity contribution >= 4 is 29.0 Å². The lowest BCUT2D eigenvalue weighted by molar-refractivity contribution is -0.384. The van der Waals surface area contributed by atoms with Crippen LogP contribution in [0.15, 0.2) is 18.2 Å². The average Bonchev–Trinajstić information content (AvgIpc) is 2.46. The van der Waals surface area contributed by atoms with Gasteiger partial charge >= 0.3 is 6.03 Å². The highest BCUT2D eigenvalue weighted by Gasteiger charge is 2.12. The van der Waals surface area contributed by atoms with Gasteiger partial charge < -0.3 is 20.5 Å². The molecule has 1 aromatic rings. The van der Waals surface area contributed by atoms with Crippen molar-refractivity contribution < 1.29 is 19.6 Å². The smallest absolute Gasteiger partial charge is 0.319 e. The van der Waals surface area contributed by atoms with Crippen LogP contribution in [-0.4, -0.2) is 41.9 Å². The molecule has 23 heavy (non-hydrogen) atoms. The first-order valence-electron chi connectivity index (χ1n) is 7.04. The fraction of sp³-hybridized carbons (Fsp3) is 0.500. The van der Waals surface area contributed by atoms with Crippen molar-refractivity contribution in [1.82, 2.24) is 5.32 Å². The zero-order valence-electron chi connectivity index (χ0n) is 12.9. The molecule has 0 aliphatic carbocycles. The van der Waals surface area contributed by atoms with E-state index >= 15 is 0 Å². The summed E-state index contributed by atoms with van der Waals surface area (Å²) in [5.41, 5.74) is 0.0685. The largest absolute Gasteiger partial charge is 0.389 e. The number of nitrogens with zero attached hydrogens (tertiary/aromatic N) is 1. The summed E-state index contributed by atoms with van der Waals surface area (Å²) in [5, 5.41) is 25.2. The van der Waals surface area contributed by atoms with Crippen molar-refractivity contribution in [2.45, 2.75) is 20.0 Å². The second kappa shape index (κ2) is 9.29. The van der Waals surface area contributed by atoms with Crippen LogP contribution in [0.1, 0.15) is 13.8 Å². The lowest BCUT2D eigenvalue weighted by atomic mass is 10.2. The van der Waals surface area contributed by atoms with Crippen molar-refractivity contribution in [1.29, 1.82) is 0 Å². The minimum atomic E-state index is -0.827. The fourth-order valence-corrected chi connectivity index (χ4v) is 1.82. The first-order chi connectivity index (χ1) is 10.8. The van der Waals surface area contributed by atoms with Crippen LogP contribution >= 0.6 is 11.6 Å². The number of ether oxygens (including phenoxy) is 1. The van der Waals surface area contributed by atoms with E-state index < -0.39 is 17.1 Å².